The normalized spacial score (nSPS) is 12.5. The molecular weight excluding hydrogens is 209 g/mol. The standard InChI is InChI=1S/C12H18FNO2/c1-3-14-9(2)10-5-4-6-11(13)12(10)16-8-7-15/h4-6,9,14-15H,3,7-8H2,1-2H3. The second-order valence-electron chi connectivity index (χ2n) is 3.51. The molecule has 0 heterocycles. The van der Waals surface area contributed by atoms with E-state index in [1.165, 1.54) is 6.07 Å². The molecule has 0 amide bonds. The molecule has 0 spiro atoms. The number of hydrogen-bond acceptors (Lipinski definition) is 3. The van der Waals surface area contributed by atoms with Crippen LogP contribution < -0.4 is 10.1 Å². The maximum atomic E-state index is 13.5. The van der Waals surface area contributed by atoms with Crippen molar-refractivity contribution in [1.29, 1.82) is 0 Å². The van der Waals surface area contributed by atoms with Gasteiger partial charge < -0.3 is 15.2 Å². The fraction of sp³-hybridized carbons (Fsp3) is 0.500. The molecule has 0 aliphatic carbocycles. The molecule has 0 aliphatic rings. The van der Waals surface area contributed by atoms with Crippen molar-refractivity contribution in [2.24, 2.45) is 0 Å². The lowest BCUT2D eigenvalue weighted by molar-refractivity contribution is 0.194. The Morgan fingerprint density at radius 2 is 2.25 bits per heavy atom. The summed E-state index contributed by atoms with van der Waals surface area (Å²) in [6.07, 6.45) is 0. The number of hydrogen-bond donors (Lipinski definition) is 2. The zero-order valence-electron chi connectivity index (χ0n) is 9.66. The molecule has 0 radical (unpaired) electrons. The highest BCUT2D eigenvalue weighted by Crippen LogP contribution is 2.27. The lowest BCUT2D eigenvalue weighted by atomic mass is 10.1. The van der Waals surface area contributed by atoms with E-state index in [-0.39, 0.29) is 25.0 Å². The Hall–Kier alpha value is -1.13. The summed E-state index contributed by atoms with van der Waals surface area (Å²) >= 11 is 0. The fourth-order valence-electron chi connectivity index (χ4n) is 1.58. The number of aliphatic hydroxyl groups excluding tert-OH is 1. The first-order chi connectivity index (χ1) is 7.70. The molecule has 2 N–H and O–H groups in total. The Kier molecular flexibility index (Phi) is 5.22. The zero-order valence-corrected chi connectivity index (χ0v) is 9.66. The molecule has 90 valence electrons. The van der Waals surface area contributed by atoms with E-state index in [4.69, 9.17) is 9.84 Å². The van der Waals surface area contributed by atoms with Crippen LogP contribution >= 0.6 is 0 Å². The third kappa shape index (κ3) is 3.18. The number of nitrogens with one attached hydrogen (secondary N) is 1. The molecule has 1 rings (SSSR count). The quantitative estimate of drug-likeness (QED) is 0.779. The van der Waals surface area contributed by atoms with Gasteiger partial charge in [-0.05, 0) is 19.5 Å². The molecule has 0 fully saturated rings. The van der Waals surface area contributed by atoms with Gasteiger partial charge in [0.15, 0.2) is 11.6 Å². The molecule has 0 saturated heterocycles. The van der Waals surface area contributed by atoms with E-state index in [1.807, 2.05) is 19.9 Å². The van der Waals surface area contributed by atoms with E-state index in [1.54, 1.807) is 6.07 Å². The molecule has 1 aromatic rings. The first-order valence-electron chi connectivity index (χ1n) is 5.46. The van der Waals surface area contributed by atoms with Gasteiger partial charge in [0.25, 0.3) is 0 Å². The maximum Gasteiger partial charge on any atom is 0.165 e. The van der Waals surface area contributed by atoms with Crippen LogP contribution in [0.1, 0.15) is 25.5 Å². The summed E-state index contributed by atoms with van der Waals surface area (Å²) < 4.78 is 18.8. The number of benzene rings is 1. The van der Waals surface area contributed by atoms with Gasteiger partial charge in [0.05, 0.1) is 6.61 Å². The summed E-state index contributed by atoms with van der Waals surface area (Å²) in [6, 6.07) is 4.86. The predicted molar refractivity (Wildman–Crippen MR) is 61.1 cm³/mol. The summed E-state index contributed by atoms with van der Waals surface area (Å²) in [5.74, 6) is -0.166. The minimum Gasteiger partial charge on any atom is -0.488 e. The van der Waals surface area contributed by atoms with Gasteiger partial charge in [0.1, 0.15) is 6.61 Å². The first-order valence-corrected chi connectivity index (χ1v) is 5.46. The van der Waals surface area contributed by atoms with E-state index in [2.05, 4.69) is 5.32 Å². The largest absolute Gasteiger partial charge is 0.488 e. The van der Waals surface area contributed by atoms with Crippen LogP contribution in [0.3, 0.4) is 0 Å². The van der Waals surface area contributed by atoms with Crippen LogP contribution in [-0.2, 0) is 0 Å². The van der Waals surface area contributed by atoms with Gasteiger partial charge in [-0.2, -0.15) is 0 Å². The highest BCUT2D eigenvalue weighted by Gasteiger charge is 2.14. The van der Waals surface area contributed by atoms with Crippen LogP contribution in [0.15, 0.2) is 18.2 Å². The highest BCUT2D eigenvalue weighted by atomic mass is 19.1. The van der Waals surface area contributed by atoms with E-state index in [0.717, 1.165) is 12.1 Å². The summed E-state index contributed by atoms with van der Waals surface area (Å²) in [5, 5.41) is 11.9. The average molecular weight is 227 g/mol. The number of para-hydroxylation sites is 1. The van der Waals surface area contributed by atoms with Crippen LogP contribution in [0.25, 0.3) is 0 Å². The summed E-state index contributed by atoms with van der Waals surface area (Å²) in [6.45, 7) is 4.72. The second kappa shape index (κ2) is 6.45. The van der Waals surface area contributed by atoms with Gasteiger partial charge in [0.2, 0.25) is 0 Å². The van der Waals surface area contributed by atoms with Crippen LogP contribution in [0.5, 0.6) is 5.75 Å². The minimum atomic E-state index is -0.393. The molecule has 4 heteroatoms. The number of halogens is 1. The third-order valence-electron chi connectivity index (χ3n) is 2.31. The Bertz CT molecular complexity index is 331. The Morgan fingerprint density at radius 3 is 2.88 bits per heavy atom. The SMILES string of the molecule is CCNC(C)c1cccc(F)c1OCCO. The monoisotopic (exact) mass is 227 g/mol. The fourth-order valence-corrected chi connectivity index (χ4v) is 1.58. The molecule has 0 aliphatic heterocycles. The third-order valence-corrected chi connectivity index (χ3v) is 2.31. The Labute approximate surface area is 95.2 Å². The Balaban J connectivity index is 2.92. The number of rotatable bonds is 6. The van der Waals surface area contributed by atoms with Crippen LogP contribution in [0, 0.1) is 5.82 Å². The molecule has 0 saturated carbocycles. The van der Waals surface area contributed by atoms with Gasteiger partial charge in [0, 0.05) is 11.6 Å². The van der Waals surface area contributed by atoms with E-state index < -0.39 is 5.82 Å². The Morgan fingerprint density at radius 1 is 1.50 bits per heavy atom. The average Bonchev–Trinajstić information content (AvgIpc) is 2.27. The van der Waals surface area contributed by atoms with E-state index in [9.17, 15) is 4.39 Å². The molecule has 1 unspecified atom stereocenters. The maximum absolute atomic E-state index is 13.5. The number of ether oxygens (including phenoxy) is 1. The number of aliphatic hydroxyl groups is 1. The molecule has 0 bridgehead atoms. The molecule has 0 aromatic heterocycles. The van der Waals surface area contributed by atoms with Crippen LogP contribution in [0.4, 0.5) is 4.39 Å². The summed E-state index contributed by atoms with van der Waals surface area (Å²) in [4.78, 5) is 0. The van der Waals surface area contributed by atoms with Crippen LogP contribution in [0.2, 0.25) is 0 Å². The van der Waals surface area contributed by atoms with Gasteiger partial charge in [-0.3, -0.25) is 0 Å². The van der Waals surface area contributed by atoms with Crippen molar-refractivity contribution in [3.8, 4) is 5.75 Å². The van der Waals surface area contributed by atoms with Crippen molar-refractivity contribution in [3.05, 3.63) is 29.6 Å². The van der Waals surface area contributed by atoms with Crippen LogP contribution in [-0.4, -0.2) is 24.9 Å². The van der Waals surface area contributed by atoms with Gasteiger partial charge >= 0.3 is 0 Å². The lowest BCUT2D eigenvalue weighted by Gasteiger charge is -2.17. The smallest absolute Gasteiger partial charge is 0.165 e. The summed E-state index contributed by atoms with van der Waals surface area (Å²) in [5.41, 5.74) is 0.773. The topological polar surface area (TPSA) is 41.5 Å². The van der Waals surface area contributed by atoms with Crippen molar-refractivity contribution in [2.75, 3.05) is 19.8 Å². The molecule has 16 heavy (non-hydrogen) atoms. The van der Waals surface area contributed by atoms with Crippen molar-refractivity contribution in [1.82, 2.24) is 5.32 Å². The molecular formula is C12H18FNO2. The first kappa shape index (κ1) is 12.9. The molecule has 3 nitrogen and oxygen atoms in total. The van der Waals surface area contributed by atoms with Crippen molar-refractivity contribution in [2.45, 2.75) is 19.9 Å². The second-order valence-corrected chi connectivity index (χ2v) is 3.51. The lowest BCUT2D eigenvalue weighted by Crippen LogP contribution is -2.19. The zero-order chi connectivity index (χ0) is 12.0. The predicted octanol–water partition coefficient (Wildman–Crippen LogP) is 1.87. The molecule has 1 atom stereocenters. The van der Waals surface area contributed by atoms with Gasteiger partial charge in [-0.25, -0.2) is 4.39 Å². The molecule has 1 aromatic carbocycles. The summed E-state index contributed by atoms with van der Waals surface area (Å²) in [7, 11) is 0. The van der Waals surface area contributed by atoms with Gasteiger partial charge in [-0.1, -0.05) is 19.1 Å². The van der Waals surface area contributed by atoms with Crippen molar-refractivity contribution in [3.63, 3.8) is 0 Å². The van der Waals surface area contributed by atoms with Crippen molar-refractivity contribution < 1.29 is 14.2 Å². The highest BCUT2D eigenvalue weighted by molar-refractivity contribution is 5.37. The minimum absolute atomic E-state index is 0.0226. The van der Waals surface area contributed by atoms with Gasteiger partial charge in [-0.15, -0.1) is 0 Å². The van der Waals surface area contributed by atoms with Crippen molar-refractivity contribution >= 4 is 0 Å². The van der Waals surface area contributed by atoms with E-state index >= 15 is 0 Å². The van der Waals surface area contributed by atoms with E-state index in [0.29, 0.717) is 0 Å².